The lowest BCUT2D eigenvalue weighted by atomic mass is 9.84. The first-order valence-electron chi connectivity index (χ1n) is 6.09. The summed E-state index contributed by atoms with van der Waals surface area (Å²) < 4.78 is 0. The summed E-state index contributed by atoms with van der Waals surface area (Å²) in [4.78, 5) is 0. The zero-order chi connectivity index (χ0) is 10.7. The van der Waals surface area contributed by atoms with Crippen molar-refractivity contribution in [2.75, 3.05) is 13.1 Å². The molecule has 82 valence electrons. The van der Waals surface area contributed by atoms with Crippen LogP contribution in [0.25, 0.3) is 0 Å². The highest BCUT2D eigenvalue weighted by Gasteiger charge is 2.28. The van der Waals surface area contributed by atoms with E-state index >= 15 is 0 Å². The minimum atomic E-state index is 0.742. The maximum Gasteiger partial charge on any atom is 0.00235 e. The third-order valence-electron chi connectivity index (χ3n) is 3.59. The number of hydrogen-bond donors (Lipinski definition) is 1. The van der Waals surface area contributed by atoms with Gasteiger partial charge >= 0.3 is 0 Å². The van der Waals surface area contributed by atoms with E-state index in [-0.39, 0.29) is 0 Å². The van der Waals surface area contributed by atoms with Crippen molar-refractivity contribution in [2.24, 2.45) is 5.92 Å². The number of nitrogens with one attached hydrogen (secondary N) is 1. The van der Waals surface area contributed by atoms with Crippen LogP contribution in [0.5, 0.6) is 0 Å². The van der Waals surface area contributed by atoms with Crippen molar-refractivity contribution in [1.82, 2.24) is 5.32 Å². The number of hydrogen-bond acceptors (Lipinski definition) is 1. The minimum absolute atomic E-state index is 0.742. The molecule has 1 N–H and O–H groups in total. The monoisotopic (exact) mass is 203 g/mol. The summed E-state index contributed by atoms with van der Waals surface area (Å²) in [6.45, 7) is 6.88. The van der Waals surface area contributed by atoms with Crippen LogP contribution in [-0.2, 0) is 0 Å². The molecule has 0 spiro atoms. The molecule has 2 atom stereocenters. The summed E-state index contributed by atoms with van der Waals surface area (Å²) in [5, 5.41) is 3.53. The largest absolute Gasteiger partial charge is 0.316 e. The Kier molecular flexibility index (Phi) is 3.42. The molecule has 2 rings (SSSR count). The molecule has 1 fully saturated rings. The zero-order valence-corrected chi connectivity index (χ0v) is 9.79. The van der Waals surface area contributed by atoms with Crippen LogP contribution in [0.2, 0.25) is 0 Å². The van der Waals surface area contributed by atoms with Gasteiger partial charge in [0.05, 0.1) is 0 Å². The lowest BCUT2D eigenvalue weighted by Gasteiger charge is -2.20. The van der Waals surface area contributed by atoms with E-state index in [1.807, 2.05) is 0 Å². The Morgan fingerprint density at radius 2 is 2.07 bits per heavy atom. The molecular weight excluding hydrogens is 182 g/mol. The molecule has 0 amide bonds. The fourth-order valence-corrected chi connectivity index (χ4v) is 2.77. The third kappa shape index (κ3) is 2.23. The van der Waals surface area contributed by atoms with Gasteiger partial charge in [-0.3, -0.25) is 0 Å². The van der Waals surface area contributed by atoms with Crippen LogP contribution >= 0.6 is 0 Å². The molecule has 1 aliphatic heterocycles. The number of aryl methyl sites for hydroxylation is 1. The summed E-state index contributed by atoms with van der Waals surface area (Å²) in [5.41, 5.74) is 3.01. The van der Waals surface area contributed by atoms with Crippen molar-refractivity contribution in [1.29, 1.82) is 0 Å². The summed E-state index contributed by atoms with van der Waals surface area (Å²) in [6.07, 6.45) is 2.65. The molecule has 1 heterocycles. The standard InChI is InChI=1S/C14H21N/c1-3-6-12-9-15-10-14(12)13-8-5-4-7-11(13)2/h4-5,7-8,12,14-15H,3,6,9-10H2,1-2H3/t12-,14-/m0/s1. The molecule has 1 saturated heterocycles. The van der Waals surface area contributed by atoms with Crippen molar-refractivity contribution >= 4 is 0 Å². The Balaban J connectivity index is 2.19. The molecule has 1 heteroatoms. The molecule has 0 aromatic heterocycles. The fourth-order valence-electron chi connectivity index (χ4n) is 2.77. The van der Waals surface area contributed by atoms with Crippen molar-refractivity contribution in [3.8, 4) is 0 Å². The Labute approximate surface area is 92.9 Å². The molecule has 0 bridgehead atoms. The van der Waals surface area contributed by atoms with Gasteiger partial charge in [-0.15, -0.1) is 0 Å². The first-order valence-corrected chi connectivity index (χ1v) is 6.09. The predicted octanol–water partition coefficient (Wildman–Crippen LogP) is 3.10. The van der Waals surface area contributed by atoms with Crippen molar-refractivity contribution < 1.29 is 0 Å². The van der Waals surface area contributed by atoms with Gasteiger partial charge in [0, 0.05) is 12.5 Å². The van der Waals surface area contributed by atoms with E-state index in [4.69, 9.17) is 0 Å². The van der Waals surface area contributed by atoms with E-state index in [1.165, 1.54) is 24.9 Å². The molecule has 0 radical (unpaired) electrons. The van der Waals surface area contributed by atoms with E-state index in [0.717, 1.165) is 18.4 Å². The summed E-state index contributed by atoms with van der Waals surface area (Å²) in [7, 11) is 0. The molecule has 1 aromatic carbocycles. The number of benzene rings is 1. The van der Waals surface area contributed by atoms with Gasteiger partial charge in [-0.1, -0.05) is 37.6 Å². The molecule has 0 unspecified atom stereocenters. The average Bonchev–Trinajstić information content (AvgIpc) is 2.67. The van der Waals surface area contributed by atoms with Crippen molar-refractivity contribution in [2.45, 2.75) is 32.6 Å². The van der Waals surface area contributed by atoms with Crippen molar-refractivity contribution in [3.05, 3.63) is 35.4 Å². The van der Waals surface area contributed by atoms with Crippen LogP contribution in [-0.4, -0.2) is 13.1 Å². The van der Waals surface area contributed by atoms with Crippen LogP contribution in [0.3, 0.4) is 0 Å². The SMILES string of the molecule is CCC[C@H]1CNC[C@@H]1c1ccccc1C. The average molecular weight is 203 g/mol. The van der Waals surface area contributed by atoms with Gasteiger partial charge < -0.3 is 5.32 Å². The maximum atomic E-state index is 3.53. The Bertz CT molecular complexity index is 319. The molecule has 1 aromatic rings. The molecule has 15 heavy (non-hydrogen) atoms. The van der Waals surface area contributed by atoms with Crippen LogP contribution in [0, 0.1) is 12.8 Å². The van der Waals surface area contributed by atoms with Gasteiger partial charge in [-0.05, 0) is 36.9 Å². The topological polar surface area (TPSA) is 12.0 Å². The van der Waals surface area contributed by atoms with Crippen LogP contribution in [0.4, 0.5) is 0 Å². The maximum absolute atomic E-state index is 3.53. The second-order valence-corrected chi connectivity index (χ2v) is 4.67. The van der Waals surface area contributed by atoms with Gasteiger partial charge in [0.1, 0.15) is 0 Å². The zero-order valence-electron chi connectivity index (χ0n) is 9.79. The Morgan fingerprint density at radius 1 is 1.27 bits per heavy atom. The lowest BCUT2D eigenvalue weighted by molar-refractivity contribution is 0.472. The van der Waals surface area contributed by atoms with E-state index in [2.05, 4.69) is 43.4 Å². The molecule has 0 saturated carbocycles. The molecule has 0 aliphatic carbocycles. The third-order valence-corrected chi connectivity index (χ3v) is 3.59. The highest BCUT2D eigenvalue weighted by atomic mass is 14.9. The van der Waals surface area contributed by atoms with Crippen LogP contribution in [0.15, 0.2) is 24.3 Å². The van der Waals surface area contributed by atoms with E-state index in [1.54, 1.807) is 5.56 Å². The highest BCUT2D eigenvalue weighted by Crippen LogP contribution is 2.32. The second-order valence-electron chi connectivity index (χ2n) is 4.67. The summed E-state index contributed by atoms with van der Waals surface area (Å²) in [6, 6.07) is 8.84. The van der Waals surface area contributed by atoms with Gasteiger partial charge in [-0.2, -0.15) is 0 Å². The summed E-state index contributed by atoms with van der Waals surface area (Å²) >= 11 is 0. The van der Waals surface area contributed by atoms with E-state index in [9.17, 15) is 0 Å². The van der Waals surface area contributed by atoms with E-state index < -0.39 is 0 Å². The van der Waals surface area contributed by atoms with Gasteiger partial charge in [0.15, 0.2) is 0 Å². The number of rotatable bonds is 3. The van der Waals surface area contributed by atoms with Crippen LogP contribution < -0.4 is 5.32 Å². The molecule has 1 aliphatic rings. The Hall–Kier alpha value is -0.820. The normalized spacial score (nSPS) is 25.7. The lowest BCUT2D eigenvalue weighted by Crippen LogP contribution is -2.11. The quantitative estimate of drug-likeness (QED) is 0.796. The smallest absolute Gasteiger partial charge is 0.00235 e. The fraction of sp³-hybridized carbons (Fsp3) is 0.571. The first-order chi connectivity index (χ1) is 7.33. The van der Waals surface area contributed by atoms with Gasteiger partial charge in [0.2, 0.25) is 0 Å². The molecule has 1 nitrogen and oxygen atoms in total. The second kappa shape index (κ2) is 4.80. The van der Waals surface area contributed by atoms with Gasteiger partial charge in [0.25, 0.3) is 0 Å². The van der Waals surface area contributed by atoms with Gasteiger partial charge in [-0.25, -0.2) is 0 Å². The van der Waals surface area contributed by atoms with E-state index in [0.29, 0.717) is 0 Å². The predicted molar refractivity (Wildman–Crippen MR) is 65.2 cm³/mol. The first kappa shape index (κ1) is 10.7. The Morgan fingerprint density at radius 3 is 2.80 bits per heavy atom. The van der Waals surface area contributed by atoms with Crippen LogP contribution in [0.1, 0.15) is 36.8 Å². The summed E-state index contributed by atoms with van der Waals surface area (Å²) in [5.74, 6) is 1.59. The minimum Gasteiger partial charge on any atom is -0.316 e. The van der Waals surface area contributed by atoms with Crippen molar-refractivity contribution in [3.63, 3.8) is 0 Å². The molecular formula is C14H21N. The highest BCUT2D eigenvalue weighted by molar-refractivity contribution is 5.30.